The molecule has 86 valence electrons. The summed E-state index contributed by atoms with van der Waals surface area (Å²) in [5, 5.41) is 0. The van der Waals surface area contributed by atoms with Crippen LogP contribution in [0.2, 0.25) is 0 Å². The van der Waals surface area contributed by atoms with E-state index in [9.17, 15) is 4.79 Å². The molecule has 1 aliphatic rings. The predicted molar refractivity (Wildman–Crippen MR) is 62.9 cm³/mol. The molecule has 0 bridgehead atoms. The molecule has 0 saturated carbocycles. The first-order chi connectivity index (χ1) is 7.79. The number of hydrogen-bond donors (Lipinski definition) is 0. The average Bonchev–Trinajstić information content (AvgIpc) is 2.33. The van der Waals surface area contributed by atoms with Crippen LogP contribution in [0.1, 0.15) is 25.5 Å². The van der Waals surface area contributed by atoms with Crippen molar-refractivity contribution in [3.63, 3.8) is 0 Å². The van der Waals surface area contributed by atoms with Crippen molar-refractivity contribution in [1.29, 1.82) is 0 Å². The largest absolute Gasteiger partial charge is 0.299 e. The van der Waals surface area contributed by atoms with E-state index in [0.717, 1.165) is 31.7 Å². The maximum Gasteiger partial charge on any atom is 0.138 e. The lowest BCUT2D eigenvalue weighted by Gasteiger charge is -2.30. The molecular weight excluding hydrogens is 200 g/mol. The fourth-order valence-corrected chi connectivity index (χ4v) is 2.20. The van der Waals surface area contributed by atoms with Gasteiger partial charge in [0.05, 0.1) is 5.69 Å². The third kappa shape index (κ3) is 2.67. The van der Waals surface area contributed by atoms with Crippen molar-refractivity contribution in [2.24, 2.45) is 5.92 Å². The van der Waals surface area contributed by atoms with Gasteiger partial charge in [0.2, 0.25) is 0 Å². The van der Waals surface area contributed by atoms with Crippen molar-refractivity contribution in [3.8, 4) is 0 Å². The van der Waals surface area contributed by atoms with Crippen LogP contribution < -0.4 is 0 Å². The summed E-state index contributed by atoms with van der Waals surface area (Å²) in [7, 11) is 0. The van der Waals surface area contributed by atoms with Gasteiger partial charge in [0.1, 0.15) is 5.78 Å². The molecule has 0 aromatic carbocycles. The number of rotatable bonds is 3. The molecule has 0 N–H and O–H groups in total. The second-order valence-corrected chi connectivity index (χ2v) is 4.38. The first-order valence-electron chi connectivity index (χ1n) is 5.94. The minimum absolute atomic E-state index is 0.234. The van der Waals surface area contributed by atoms with Crippen molar-refractivity contribution in [2.75, 3.05) is 13.1 Å². The number of aromatic nitrogens is 1. The molecule has 0 aliphatic carbocycles. The van der Waals surface area contributed by atoms with E-state index in [0.29, 0.717) is 12.2 Å². The van der Waals surface area contributed by atoms with Crippen LogP contribution in [-0.2, 0) is 11.3 Å². The number of carbonyl (C=O) groups excluding carboxylic acids is 1. The molecule has 2 rings (SSSR count). The van der Waals surface area contributed by atoms with Crippen LogP contribution in [0, 0.1) is 5.92 Å². The number of likely N-dealkylation sites (tertiary alicyclic amines) is 1. The molecule has 3 nitrogen and oxygen atoms in total. The van der Waals surface area contributed by atoms with Crippen molar-refractivity contribution in [3.05, 3.63) is 30.1 Å². The predicted octanol–water partition coefficient (Wildman–Crippen LogP) is 1.88. The highest BCUT2D eigenvalue weighted by molar-refractivity contribution is 5.82. The summed E-state index contributed by atoms with van der Waals surface area (Å²) >= 11 is 0. The van der Waals surface area contributed by atoms with Gasteiger partial charge in [0.25, 0.3) is 0 Å². The van der Waals surface area contributed by atoms with Crippen molar-refractivity contribution < 1.29 is 4.79 Å². The summed E-state index contributed by atoms with van der Waals surface area (Å²) in [5.74, 6) is 0.664. The van der Waals surface area contributed by atoms with Gasteiger partial charge in [-0.1, -0.05) is 13.0 Å². The molecule has 2 heterocycles. The first-order valence-corrected chi connectivity index (χ1v) is 5.94. The van der Waals surface area contributed by atoms with Crippen molar-refractivity contribution in [1.82, 2.24) is 9.88 Å². The maximum atomic E-state index is 11.6. The monoisotopic (exact) mass is 218 g/mol. The lowest BCUT2D eigenvalue weighted by atomic mass is 9.94. The Bertz CT molecular complexity index is 350. The standard InChI is InChI=1S/C13H18N2O/c1-2-11-9-15(8-6-13(11)16)10-12-5-3-4-7-14-12/h3-5,7,11H,2,6,8-10H2,1H3. The van der Waals surface area contributed by atoms with Crippen LogP contribution in [0.5, 0.6) is 0 Å². The quantitative estimate of drug-likeness (QED) is 0.776. The highest BCUT2D eigenvalue weighted by Gasteiger charge is 2.25. The minimum atomic E-state index is 0.234. The number of piperidine rings is 1. The average molecular weight is 218 g/mol. The molecule has 0 radical (unpaired) electrons. The summed E-state index contributed by atoms with van der Waals surface area (Å²) < 4.78 is 0. The molecule has 1 aliphatic heterocycles. The molecule has 1 unspecified atom stereocenters. The fraction of sp³-hybridized carbons (Fsp3) is 0.538. The Balaban J connectivity index is 1.94. The first kappa shape index (κ1) is 11.3. The van der Waals surface area contributed by atoms with Gasteiger partial charge in [0, 0.05) is 38.2 Å². The Labute approximate surface area is 96.5 Å². The zero-order chi connectivity index (χ0) is 11.4. The maximum absolute atomic E-state index is 11.6. The molecule has 0 spiro atoms. The SMILES string of the molecule is CCC1CN(Cc2ccccn2)CCC1=O. The highest BCUT2D eigenvalue weighted by atomic mass is 16.1. The van der Waals surface area contributed by atoms with Gasteiger partial charge >= 0.3 is 0 Å². The van der Waals surface area contributed by atoms with Gasteiger partial charge in [-0.25, -0.2) is 0 Å². The van der Waals surface area contributed by atoms with Gasteiger partial charge in [0.15, 0.2) is 0 Å². The Hall–Kier alpha value is -1.22. The smallest absolute Gasteiger partial charge is 0.138 e. The molecular formula is C13H18N2O. The number of carbonyl (C=O) groups is 1. The molecule has 1 fully saturated rings. The van der Waals surface area contributed by atoms with Crippen LogP contribution in [0.25, 0.3) is 0 Å². The number of ketones is 1. The lowest BCUT2D eigenvalue weighted by Crippen LogP contribution is -2.40. The van der Waals surface area contributed by atoms with Gasteiger partial charge < -0.3 is 0 Å². The summed E-state index contributed by atoms with van der Waals surface area (Å²) in [5.41, 5.74) is 1.09. The third-order valence-electron chi connectivity index (χ3n) is 3.21. The number of hydrogen-bond acceptors (Lipinski definition) is 3. The van der Waals surface area contributed by atoms with Gasteiger partial charge in [-0.15, -0.1) is 0 Å². The fourth-order valence-electron chi connectivity index (χ4n) is 2.20. The van der Waals surface area contributed by atoms with E-state index in [-0.39, 0.29) is 5.92 Å². The molecule has 1 saturated heterocycles. The lowest BCUT2D eigenvalue weighted by molar-refractivity contribution is -0.126. The zero-order valence-electron chi connectivity index (χ0n) is 9.72. The summed E-state index contributed by atoms with van der Waals surface area (Å²) in [6, 6.07) is 5.98. The highest BCUT2D eigenvalue weighted by Crippen LogP contribution is 2.17. The van der Waals surface area contributed by atoms with Crippen LogP contribution >= 0.6 is 0 Å². The van der Waals surface area contributed by atoms with Crippen LogP contribution in [0.3, 0.4) is 0 Å². The van der Waals surface area contributed by atoms with Crippen LogP contribution in [0.4, 0.5) is 0 Å². The van der Waals surface area contributed by atoms with Crippen LogP contribution in [-0.4, -0.2) is 28.8 Å². The molecule has 1 atom stereocenters. The summed E-state index contributed by atoms with van der Waals surface area (Å²) in [6.07, 6.45) is 3.48. The molecule has 1 aromatic heterocycles. The number of Topliss-reactive ketones (excluding diaryl/α,β-unsaturated/α-hetero) is 1. The van der Waals surface area contributed by atoms with E-state index in [1.165, 1.54) is 0 Å². The van der Waals surface area contributed by atoms with Crippen molar-refractivity contribution in [2.45, 2.75) is 26.3 Å². The third-order valence-corrected chi connectivity index (χ3v) is 3.21. The summed E-state index contributed by atoms with van der Waals surface area (Å²) in [6.45, 7) is 4.73. The Morgan fingerprint density at radius 2 is 2.38 bits per heavy atom. The molecule has 1 aromatic rings. The number of nitrogens with zero attached hydrogens (tertiary/aromatic N) is 2. The van der Waals surface area contributed by atoms with Gasteiger partial charge in [-0.05, 0) is 18.6 Å². The van der Waals surface area contributed by atoms with E-state index in [2.05, 4.69) is 16.8 Å². The molecule has 16 heavy (non-hydrogen) atoms. The van der Waals surface area contributed by atoms with E-state index >= 15 is 0 Å². The molecule has 3 heteroatoms. The van der Waals surface area contributed by atoms with E-state index in [1.54, 1.807) is 0 Å². The zero-order valence-corrected chi connectivity index (χ0v) is 9.72. The van der Waals surface area contributed by atoms with E-state index in [1.807, 2.05) is 24.4 Å². The van der Waals surface area contributed by atoms with E-state index in [4.69, 9.17) is 0 Å². The Kier molecular flexibility index (Phi) is 3.67. The van der Waals surface area contributed by atoms with Crippen LogP contribution in [0.15, 0.2) is 24.4 Å². The van der Waals surface area contributed by atoms with Gasteiger partial charge in [-0.3, -0.25) is 14.7 Å². The normalized spacial score (nSPS) is 22.3. The number of pyridine rings is 1. The second-order valence-electron chi connectivity index (χ2n) is 4.38. The van der Waals surface area contributed by atoms with Gasteiger partial charge in [-0.2, -0.15) is 0 Å². The second kappa shape index (κ2) is 5.21. The van der Waals surface area contributed by atoms with Crippen molar-refractivity contribution >= 4 is 5.78 Å². The Morgan fingerprint density at radius 3 is 3.06 bits per heavy atom. The molecule has 0 amide bonds. The van der Waals surface area contributed by atoms with E-state index < -0.39 is 0 Å². The summed E-state index contributed by atoms with van der Waals surface area (Å²) in [4.78, 5) is 18.2. The minimum Gasteiger partial charge on any atom is -0.299 e. The topological polar surface area (TPSA) is 33.2 Å². The Morgan fingerprint density at radius 1 is 1.50 bits per heavy atom.